The standard InChI is InChI=1S/C12H14O3/c1-4-5-11(13)10-7-6-9(14-2)8-12(10)15-3/h4-8H,1-3H3/b5-4+. The van der Waals surface area contributed by atoms with E-state index in [0.29, 0.717) is 17.1 Å². The smallest absolute Gasteiger partial charge is 0.189 e. The summed E-state index contributed by atoms with van der Waals surface area (Å²) in [5.41, 5.74) is 0.538. The van der Waals surface area contributed by atoms with Gasteiger partial charge in [0.15, 0.2) is 5.78 Å². The van der Waals surface area contributed by atoms with Gasteiger partial charge in [0, 0.05) is 6.07 Å². The number of allylic oxidation sites excluding steroid dienone is 2. The summed E-state index contributed by atoms with van der Waals surface area (Å²) in [6, 6.07) is 5.12. The lowest BCUT2D eigenvalue weighted by Gasteiger charge is -2.07. The van der Waals surface area contributed by atoms with E-state index in [1.165, 1.54) is 13.2 Å². The quantitative estimate of drug-likeness (QED) is 0.560. The predicted molar refractivity (Wildman–Crippen MR) is 58.7 cm³/mol. The molecule has 0 N–H and O–H groups in total. The normalized spacial score (nSPS) is 10.3. The average Bonchev–Trinajstić information content (AvgIpc) is 2.28. The van der Waals surface area contributed by atoms with E-state index in [1.807, 2.05) is 0 Å². The lowest BCUT2D eigenvalue weighted by molar-refractivity contribution is 0.104. The van der Waals surface area contributed by atoms with Crippen molar-refractivity contribution < 1.29 is 14.3 Å². The number of rotatable bonds is 4. The van der Waals surface area contributed by atoms with Crippen LogP contribution in [0.1, 0.15) is 17.3 Å². The Morgan fingerprint density at radius 3 is 2.53 bits per heavy atom. The molecule has 0 amide bonds. The molecule has 0 aliphatic heterocycles. The third kappa shape index (κ3) is 2.59. The molecule has 1 aromatic rings. The Kier molecular flexibility index (Phi) is 3.92. The van der Waals surface area contributed by atoms with Crippen LogP contribution in [0.3, 0.4) is 0 Å². The lowest BCUT2D eigenvalue weighted by atomic mass is 10.1. The Bertz CT molecular complexity index is 380. The van der Waals surface area contributed by atoms with Crippen LogP contribution in [0.15, 0.2) is 30.4 Å². The number of hydrogen-bond donors (Lipinski definition) is 0. The van der Waals surface area contributed by atoms with Crippen molar-refractivity contribution >= 4 is 5.78 Å². The molecule has 80 valence electrons. The molecule has 3 nitrogen and oxygen atoms in total. The Balaban J connectivity index is 3.12. The molecule has 0 saturated carbocycles. The van der Waals surface area contributed by atoms with E-state index >= 15 is 0 Å². The first-order valence-electron chi connectivity index (χ1n) is 4.62. The van der Waals surface area contributed by atoms with Crippen molar-refractivity contribution in [3.8, 4) is 11.5 Å². The van der Waals surface area contributed by atoms with Gasteiger partial charge in [-0.05, 0) is 25.1 Å². The van der Waals surface area contributed by atoms with Gasteiger partial charge in [-0.15, -0.1) is 0 Å². The highest BCUT2D eigenvalue weighted by Crippen LogP contribution is 2.25. The molecule has 0 aliphatic rings. The van der Waals surface area contributed by atoms with Crippen molar-refractivity contribution in [3.63, 3.8) is 0 Å². The molecule has 0 fully saturated rings. The Hall–Kier alpha value is -1.77. The minimum absolute atomic E-state index is 0.0722. The van der Waals surface area contributed by atoms with Crippen molar-refractivity contribution in [3.05, 3.63) is 35.9 Å². The molecule has 0 spiro atoms. The highest BCUT2D eigenvalue weighted by Gasteiger charge is 2.10. The van der Waals surface area contributed by atoms with Crippen LogP contribution >= 0.6 is 0 Å². The van der Waals surface area contributed by atoms with Crippen molar-refractivity contribution in [2.45, 2.75) is 6.92 Å². The Morgan fingerprint density at radius 2 is 2.00 bits per heavy atom. The van der Waals surface area contributed by atoms with Crippen LogP contribution in [-0.2, 0) is 0 Å². The molecule has 0 aromatic heterocycles. The van der Waals surface area contributed by atoms with E-state index < -0.39 is 0 Å². The third-order valence-electron chi connectivity index (χ3n) is 1.99. The predicted octanol–water partition coefficient (Wildman–Crippen LogP) is 2.46. The molecule has 0 aliphatic carbocycles. The maximum atomic E-state index is 11.6. The summed E-state index contributed by atoms with van der Waals surface area (Å²) in [5, 5.41) is 0. The number of carbonyl (C=O) groups excluding carboxylic acids is 1. The van der Waals surface area contributed by atoms with Crippen molar-refractivity contribution in [1.82, 2.24) is 0 Å². The third-order valence-corrected chi connectivity index (χ3v) is 1.99. The van der Waals surface area contributed by atoms with E-state index in [-0.39, 0.29) is 5.78 Å². The number of methoxy groups -OCH3 is 2. The van der Waals surface area contributed by atoms with Gasteiger partial charge in [0.1, 0.15) is 11.5 Å². The second-order valence-corrected chi connectivity index (χ2v) is 2.93. The molecule has 1 aromatic carbocycles. The van der Waals surface area contributed by atoms with Crippen LogP contribution < -0.4 is 9.47 Å². The van der Waals surface area contributed by atoms with Crippen molar-refractivity contribution in [2.24, 2.45) is 0 Å². The van der Waals surface area contributed by atoms with Crippen LogP contribution in [0.4, 0.5) is 0 Å². The molecule has 0 saturated heterocycles. The topological polar surface area (TPSA) is 35.5 Å². The van der Waals surface area contributed by atoms with Crippen molar-refractivity contribution in [1.29, 1.82) is 0 Å². The van der Waals surface area contributed by atoms with Gasteiger partial charge in [-0.25, -0.2) is 0 Å². The number of benzene rings is 1. The summed E-state index contributed by atoms with van der Waals surface area (Å²) in [6.45, 7) is 1.80. The van der Waals surface area contributed by atoms with Crippen LogP contribution in [0.2, 0.25) is 0 Å². The highest BCUT2D eigenvalue weighted by molar-refractivity contribution is 6.06. The molecular formula is C12H14O3. The first kappa shape index (κ1) is 11.3. The summed E-state index contributed by atoms with van der Waals surface area (Å²) in [6.07, 6.45) is 3.20. The summed E-state index contributed by atoms with van der Waals surface area (Å²) in [5.74, 6) is 1.12. The van der Waals surface area contributed by atoms with Gasteiger partial charge in [-0.2, -0.15) is 0 Å². The van der Waals surface area contributed by atoms with Gasteiger partial charge in [0.05, 0.1) is 19.8 Å². The largest absolute Gasteiger partial charge is 0.497 e. The van der Waals surface area contributed by atoms with Gasteiger partial charge < -0.3 is 9.47 Å². The summed E-state index contributed by atoms with van der Waals surface area (Å²) in [4.78, 5) is 11.6. The maximum absolute atomic E-state index is 11.6. The van der Waals surface area contributed by atoms with Crippen molar-refractivity contribution in [2.75, 3.05) is 14.2 Å². The second kappa shape index (κ2) is 5.20. The van der Waals surface area contributed by atoms with E-state index in [9.17, 15) is 4.79 Å². The monoisotopic (exact) mass is 206 g/mol. The molecule has 0 heterocycles. The fraction of sp³-hybridized carbons (Fsp3) is 0.250. The van der Waals surface area contributed by atoms with Gasteiger partial charge in [0.2, 0.25) is 0 Å². The molecule has 0 unspecified atom stereocenters. The summed E-state index contributed by atoms with van der Waals surface area (Å²) >= 11 is 0. The zero-order valence-corrected chi connectivity index (χ0v) is 9.11. The minimum Gasteiger partial charge on any atom is -0.497 e. The van der Waals surface area contributed by atoms with E-state index in [2.05, 4.69) is 0 Å². The average molecular weight is 206 g/mol. The zero-order valence-electron chi connectivity index (χ0n) is 9.11. The molecule has 0 bridgehead atoms. The number of ether oxygens (including phenoxy) is 2. The second-order valence-electron chi connectivity index (χ2n) is 2.93. The first-order chi connectivity index (χ1) is 7.22. The fourth-order valence-corrected chi connectivity index (χ4v) is 1.24. The summed E-state index contributed by atoms with van der Waals surface area (Å²) in [7, 11) is 3.10. The number of carbonyl (C=O) groups is 1. The van der Waals surface area contributed by atoms with E-state index in [0.717, 1.165) is 0 Å². The first-order valence-corrected chi connectivity index (χ1v) is 4.62. The van der Waals surface area contributed by atoms with E-state index in [4.69, 9.17) is 9.47 Å². The lowest BCUT2D eigenvalue weighted by Crippen LogP contribution is -1.99. The Labute approximate surface area is 89.3 Å². The SMILES string of the molecule is C/C=C/C(=O)c1ccc(OC)cc1OC. The summed E-state index contributed by atoms with van der Waals surface area (Å²) < 4.78 is 10.2. The number of hydrogen-bond acceptors (Lipinski definition) is 3. The number of ketones is 1. The van der Waals surface area contributed by atoms with Gasteiger partial charge in [0.25, 0.3) is 0 Å². The molecule has 3 heteroatoms. The molecule has 1 rings (SSSR count). The molecular weight excluding hydrogens is 192 g/mol. The van der Waals surface area contributed by atoms with E-state index in [1.54, 1.807) is 38.3 Å². The van der Waals surface area contributed by atoms with Crippen LogP contribution in [0.5, 0.6) is 11.5 Å². The molecule has 15 heavy (non-hydrogen) atoms. The van der Waals surface area contributed by atoms with Crippen LogP contribution in [-0.4, -0.2) is 20.0 Å². The molecule has 0 radical (unpaired) electrons. The Morgan fingerprint density at radius 1 is 1.27 bits per heavy atom. The zero-order chi connectivity index (χ0) is 11.3. The minimum atomic E-state index is -0.0722. The van der Waals surface area contributed by atoms with Crippen LogP contribution in [0.25, 0.3) is 0 Å². The fourth-order valence-electron chi connectivity index (χ4n) is 1.24. The highest BCUT2D eigenvalue weighted by atomic mass is 16.5. The van der Waals surface area contributed by atoms with Gasteiger partial charge in [-0.3, -0.25) is 4.79 Å². The maximum Gasteiger partial charge on any atom is 0.189 e. The van der Waals surface area contributed by atoms with Gasteiger partial charge >= 0.3 is 0 Å². The van der Waals surface area contributed by atoms with Gasteiger partial charge in [-0.1, -0.05) is 6.08 Å². The van der Waals surface area contributed by atoms with Crippen LogP contribution in [0, 0.1) is 0 Å². The molecule has 0 atom stereocenters.